The van der Waals surface area contributed by atoms with Gasteiger partial charge in [-0.2, -0.15) is 0 Å². The van der Waals surface area contributed by atoms with Crippen LogP contribution in [-0.4, -0.2) is 19.7 Å². The molecule has 2 unspecified atom stereocenters. The highest BCUT2D eigenvalue weighted by Gasteiger charge is 2.22. The van der Waals surface area contributed by atoms with Gasteiger partial charge in [-0.25, -0.2) is 0 Å². The summed E-state index contributed by atoms with van der Waals surface area (Å²) >= 11 is 0. The molecule has 2 rings (SSSR count). The average Bonchev–Trinajstić information content (AvgIpc) is 2.85. The lowest BCUT2D eigenvalue weighted by Crippen LogP contribution is -2.27. The van der Waals surface area contributed by atoms with Crippen molar-refractivity contribution in [1.29, 1.82) is 0 Å². The number of ether oxygens (including phenoxy) is 1. The maximum atomic E-state index is 5.82. The van der Waals surface area contributed by atoms with E-state index in [0.29, 0.717) is 17.8 Å². The summed E-state index contributed by atoms with van der Waals surface area (Å²) < 4.78 is 5.82. The Bertz CT molecular complexity index is 414. The third-order valence-electron chi connectivity index (χ3n) is 4.11. The molecule has 1 aromatic rings. The molecule has 0 bridgehead atoms. The lowest BCUT2D eigenvalue weighted by atomic mass is 9.87. The third kappa shape index (κ3) is 3.50. The lowest BCUT2D eigenvalue weighted by Gasteiger charge is -2.23. The quantitative estimate of drug-likeness (QED) is 0.844. The van der Waals surface area contributed by atoms with Crippen molar-refractivity contribution in [2.24, 2.45) is 11.8 Å². The van der Waals surface area contributed by atoms with Crippen molar-refractivity contribution >= 4 is 0 Å². The molecule has 0 amide bonds. The molecule has 0 radical (unpaired) electrons. The molecule has 0 saturated heterocycles. The van der Waals surface area contributed by atoms with Crippen LogP contribution in [-0.2, 0) is 6.42 Å². The molecule has 0 fully saturated rings. The predicted octanol–water partition coefficient (Wildman–Crippen LogP) is 3.61. The average molecular weight is 261 g/mol. The summed E-state index contributed by atoms with van der Waals surface area (Å²) in [7, 11) is 0. The van der Waals surface area contributed by atoms with Crippen molar-refractivity contribution in [2.75, 3.05) is 19.7 Å². The van der Waals surface area contributed by atoms with Crippen LogP contribution in [0.2, 0.25) is 0 Å². The molecule has 0 saturated carbocycles. The monoisotopic (exact) mass is 261 g/mol. The van der Waals surface area contributed by atoms with Crippen molar-refractivity contribution in [3.63, 3.8) is 0 Å². The molecule has 19 heavy (non-hydrogen) atoms. The van der Waals surface area contributed by atoms with Crippen molar-refractivity contribution in [3.8, 4) is 5.75 Å². The summed E-state index contributed by atoms with van der Waals surface area (Å²) in [5.41, 5.74) is 2.76. The first kappa shape index (κ1) is 14.4. The van der Waals surface area contributed by atoms with E-state index in [2.05, 4.69) is 51.2 Å². The van der Waals surface area contributed by atoms with E-state index in [9.17, 15) is 0 Å². The van der Waals surface area contributed by atoms with Gasteiger partial charge in [0.1, 0.15) is 5.75 Å². The lowest BCUT2D eigenvalue weighted by molar-refractivity contribution is 0.344. The summed E-state index contributed by atoms with van der Waals surface area (Å²) in [5, 5.41) is 3.56. The van der Waals surface area contributed by atoms with Crippen LogP contribution in [0.5, 0.6) is 5.75 Å². The fourth-order valence-corrected chi connectivity index (χ4v) is 2.68. The van der Waals surface area contributed by atoms with Gasteiger partial charge in [0.25, 0.3) is 0 Å². The van der Waals surface area contributed by atoms with Crippen molar-refractivity contribution in [2.45, 2.75) is 40.0 Å². The highest BCUT2D eigenvalue weighted by Crippen LogP contribution is 2.37. The molecule has 0 aromatic heterocycles. The van der Waals surface area contributed by atoms with Gasteiger partial charge in [-0.1, -0.05) is 45.9 Å². The molecular formula is C17H27NO. The van der Waals surface area contributed by atoms with Crippen LogP contribution >= 0.6 is 0 Å². The van der Waals surface area contributed by atoms with E-state index in [-0.39, 0.29) is 0 Å². The molecule has 1 heterocycles. The Morgan fingerprint density at radius 1 is 1.16 bits per heavy atom. The smallest absolute Gasteiger partial charge is 0.126 e. The number of rotatable bonds is 6. The third-order valence-corrected chi connectivity index (χ3v) is 4.11. The zero-order valence-electron chi connectivity index (χ0n) is 12.7. The molecule has 2 nitrogen and oxygen atoms in total. The summed E-state index contributed by atoms with van der Waals surface area (Å²) in [6.45, 7) is 12.2. The minimum Gasteiger partial charge on any atom is -0.493 e. The van der Waals surface area contributed by atoms with Crippen LogP contribution in [0, 0.1) is 11.8 Å². The molecular weight excluding hydrogens is 234 g/mol. The first-order valence-electron chi connectivity index (χ1n) is 7.55. The van der Waals surface area contributed by atoms with Gasteiger partial charge in [-0.05, 0) is 42.0 Å². The Morgan fingerprint density at radius 2 is 1.95 bits per heavy atom. The van der Waals surface area contributed by atoms with Crippen molar-refractivity contribution < 1.29 is 4.74 Å². The van der Waals surface area contributed by atoms with Gasteiger partial charge in [0.2, 0.25) is 0 Å². The molecule has 0 spiro atoms. The molecule has 106 valence electrons. The van der Waals surface area contributed by atoms with Crippen molar-refractivity contribution in [3.05, 3.63) is 29.3 Å². The number of para-hydroxylation sites is 1. The second-order valence-electron chi connectivity index (χ2n) is 6.25. The first-order chi connectivity index (χ1) is 9.09. The molecule has 1 aliphatic rings. The van der Waals surface area contributed by atoms with Crippen LogP contribution in [0.25, 0.3) is 0 Å². The van der Waals surface area contributed by atoms with E-state index in [0.717, 1.165) is 31.9 Å². The van der Waals surface area contributed by atoms with Gasteiger partial charge in [-0.15, -0.1) is 0 Å². The van der Waals surface area contributed by atoms with Crippen molar-refractivity contribution in [1.82, 2.24) is 5.32 Å². The van der Waals surface area contributed by atoms with E-state index >= 15 is 0 Å². The maximum Gasteiger partial charge on any atom is 0.126 e. The number of hydrogen-bond donors (Lipinski definition) is 1. The largest absolute Gasteiger partial charge is 0.493 e. The van der Waals surface area contributed by atoms with E-state index in [1.54, 1.807) is 0 Å². The van der Waals surface area contributed by atoms with Crippen LogP contribution in [0.1, 0.15) is 44.7 Å². The minimum atomic E-state index is 0.535. The van der Waals surface area contributed by atoms with Gasteiger partial charge < -0.3 is 10.1 Å². The summed E-state index contributed by atoms with van der Waals surface area (Å²) in [4.78, 5) is 0. The van der Waals surface area contributed by atoms with Gasteiger partial charge in [0, 0.05) is 6.42 Å². The molecule has 1 aliphatic heterocycles. The van der Waals surface area contributed by atoms with E-state index < -0.39 is 0 Å². The van der Waals surface area contributed by atoms with E-state index in [1.807, 2.05) is 0 Å². The molecule has 2 heteroatoms. The highest BCUT2D eigenvalue weighted by atomic mass is 16.5. The topological polar surface area (TPSA) is 21.3 Å². The zero-order valence-corrected chi connectivity index (χ0v) is 12.7. The second kappa shape index (κ2) is 6.42. The summed E-state index contributed by atoms with van der Waals surface area (Å²) in [6, 6.07) is 6.60. The second-order valence-corrected chi connectivity index (χ2v) is 6.25. The Kier molecular flexibility index (Phi) is 4.87. The van der Waals surface area contributed by atoms with Crippen LogP contribution in [0.15, 0.2) is 18.2 Å². The highest BCUT2D eigenvalue weighted by molar-refractivity contribution is 5.45. The molecule has 2 atom stereocenters. The molecule has 0 aliphatic carbocycles. The van der Waals surface area contributed by atoms with Crippen LogP contribution in [0.4, 0.5) is 0 Å². The summed E-state index contributed by atoms with van der Waals surface area (Å²) in [5.74, 6) is 3.03. The Labute approximate surface area is 117 Å². The Hall–Kier alpha value is -1.02. The van der Waals surface area contributed by atoms with Gasteiger partial charge in [0.05, 0.1) is 6.61 Å². The SMILES string of the molecule is CC(C)CNCC(C)C(C)c1cccc2c1OCC2. The summed E-state index contributed by atoms with van der Waals surface area (Å²) in [6.07, 6.45) is 1.07. The fourth-order valence-electron chi connectivity index (χ4n) is 2.68. The standard InChI is InChI=1S/C17H27NO/c1-12(2)10-18-11-13(3)14(4)16-7-5-6-15-8-9-19-17(15)16/h5-7,12-14,18H,8-11H2,1-4H3. The first-order valence-corrected chi connectivity index (χ1v) is 7.55. The number of fused-ring (bicyclic) bond motifs is 1. The minimum absolute atomic E-state index is 0.535. The van der Waals surface area contributed by atoms with Gasteiger partial charge in [0.15, 0.2) is 0 Å². The Morgan fingerprint density at radius 3 is 2.68 bits per heavy atom. The zero-order chi connectivity index (χ0) is 13.8. The van der Waals surface area contributed by atoms with Gasteiger partial charge in [-0.3, -0.25) is 0 Å². The van der Waals surface area contributed by atoms with E-state index in [4.69, 9.17) is 4.74 Å². The van der Waals surface area contributed by atoms with Gasteiger partial charge >= 0.3 is 0 Å². The number of nitrogens with one attached hydrogen (secondary N) is 1. The maximum absolute atomic E-state index is 5.82. The normalized spacial score (nSPS) is 17.1. The number of benzene rings is 1. The fraction of sp³-hybridized carbons (Fsp3) is 0.647. The molecule has 1 aromatic carbocycles. The Balaban J connectivity index is 1.99. The van der Waals surface area contributed by atoms with Crippen LogP contribution < -0.4 is 10.1 Å². The number of hydrogen-bond acceptors (Lipinski definition) is 2. The van der Waals surface area contributed by atoms with E-state index in [1.165, 1.54) is 11.1 Å². The molecule has 1 N–H and O–H groups in total. The predicted molar refractivity (Wildman–Crippen MR) is 80.9 cm³/mol. The van der Waals surface area contributed by atoms with Crippen LogP contribution in [0.3, 0.4) is 0 Å².